The Bertz CT molecular complexity index is 327. The summed E-state index contributed by atoms with van der Waals surface area (Å²) in [7, 11) is 0. The lowest BCUT2D eigenvalue weighted by Gasteiger charge is -2.09. The Morgan fingerprint density at radius 3 is 2.93 bits per heavy atom. The van der Waals surface area contributed by atoms with Crippen LogP contribution in [0.1, 0.15) is 30.8 Å². The predicted molar refractivity (Wildman–Crippen MR) is 55.5 cm³/mol. The molecule has 0 aliphatic carbocycles. The maximum absolute atomic E-state index is 5.76. The number of hydrogen-bond acceptors (Lipinski definition) is 3. The maximum Gasteiger partial charge on any atom is 0.0810 e. The van der Waals surface area contributed by atoms with Crippen molar-refractivity contribution in [3.63, 3.8) is 0 Å². The molecule has 1 aliphatic rings. The number of fused-ring (bicyclic) bond motifs is 1. The molecule has 0 radical (unpaired) electrons. The van der Waals surface area contributed by atoms with Crippen LogP contribution >= 0.6 is 0 Å². The van der Waals surface area contributed by atoms with Crippen LogP contribution in [0.5, 0.6) is 0 Å². The fourth-order valence-corrected chi connectivity index (χ4v) is 1.97. The quantitative estimate of drug-likeness (QED) is 0.741. The molecule has 1 aliphatic heterocycles. The summed E-state index contributed by atoms with van der Waals surface area (Å²) in [6, 6.07) is 0. The molecule has 1 aromatic heterocycles. The van der Waals surface area contributed by atoms with Crippen molar-refractivity contribution in [2.45, 2.75) is 40.0 Å². The first-order valence-corrected chi connectivity index (χ1v) is 5.20. The molecule has 0 bridgehead atoms. The van der Waals surface area contributed by atoms with Crippen LogP contribution in [0.15, 0.2) is 0 Å². The van der Waals surface area contributed by atoms with E-state index in [1.165, 1.54) is 17.0 Å². The highest BCUT2D eigenvalue weighted by molar-refractivity contribution is 5.29. The fraction of sp³-hybridized carbons (Fsp3) is 0.700. The molecule has 0 unspecified atom stereocenters. The molecule has 0 saturated heterocycles. The van der Waals surface area contributed by atoms with Gasteiger partial charge in [-0.25, -0.2) is 0 Å². The zero-order chi connectivity index (χ0) is 10.1. The van der Waals surface area contributed by atoms with Crippen LogP contribution in [0.25, 0.3) is 0 Å². The Labute approximate surface area is 84.5 Å². The van der Waals surface area contributed by atoms with Crippen LogP contribution in [0.3, 0.4) is 0 Å². The number of rotatable bonds is 3. The van der Waals surface area contributed by atoms with Crippen molar-refractivity contribution in [2.75, 3.05) is 0 Å². The number of nitrogens with two attached hydrogens (primary N) is 1. The highest BCUT2D eigenvalue weighted by Gasteiger charge is 2.20. The SMILES string of the molecule is CC(C)Cn1nc2c(c1CN)CNC2. The van der Waals surface area contributed by atoms with Crippen molar-refractivity contribution in [2.24, 2.45) is 11.7 Å². The minimum Gasteiger partial charge on any atom is -0.325 e. The second kappa shape index (κ2) is 3.71. The van der Waals surface area contributed by atoms with Gasteiger partial charge < -0.3 is 11.1 Å². The summed E-state index contributed by atoms with van der Waals surface area (Å²) in [4.78, 5) is 0. The molecular formula is C10H18N4. The zero-order valence-corrected chi connectivity index (χ0v) is 8.88. The Morgan fingerprint density at radius 1 is 1.50 bits per heavy atom. The Kier molecular flexibility index (Phi) is 2.56. The molecule has 0 aromatic carbocycles. The van der Waals surface area contributed by atoms with E-state index in [0.717, 1.165) is 19.6 Å². The van der Waals surface area contributed by atoms with Gasteiger partial charge in [0.2, 0.25) is 0 Å². The van der Waals surface area contributed by atoms with Gasteiger partial charge in [0.1, 0.15) is 0 Å². The molecule has 3 N–H and O–H groups in total. The van der Waals surface area contributed by atoms with Gasteiger partial charge in [-0.05, 0) is 5.92 Å². The molecule has 0 saturated carbocycles. The van der Waals surface area contributed by atoms with Crippen molar-refractivity contribution in [1.82, 2.24) is 15.1 Å². The van der Waals surface area contributed by atoms with E-state index in [0.29, 0.717) is 12.5 Å². The number of hydrogen-bond donors (Lipinski definition) is 2. The van der Waals surface area contributed by atoms with Gasteiger partial charge in [-0.3, -0.25) is 4.68 Å². The molecular weight excluding hydrogens is 176 g/mol. The average Bonchev–Trinajstić information content (AvgIpc) is 2.62. The third kappa shape index (κ3) is 1.55. The van der Waals surface area contributed by atoms with Gasteiger partial charge in [-0.1, -0.05) is 13.8 Å². The van der Waals surface area contributed by atoms with Crippen LogP contribution in [0, 0.1) is 5.92 Å². The summed E-state index contributed by atoms with van der Waals surface area (Å²) in [6.07, 6.45) is 0. The molecule has 4 heteroatoms. The maximum atomic E-state index is 5.76. The van der Waals surface area contributed by atoms with Crippen molar-refractivity contribution in [1.29, 1.82) is 0 Å². The summed E-state index contributed by atoms with van der Waals surface area (Å²) in [5.74, 6) is 0.619. The first-order valence-electron chi connectivity index (χ1n) is 5.20. The van der Waals surface area contributed by atoms with E-state index in [2.05, 4.69) is 28.9 Å². The Hall–Kier alpha value is -0.870. The minimum absolute atomic E-state index is 0.594. The van der Waals surface area contributed by atoms with Gasteiger partial charge in [0, 0.05) is 31.7 Å². The van der Waals surface area contributed by atoms with E-state index in [1.54, 1.807) is 0 Å². The van der Waals surface area contributed by atoms with Crippen molar-refractivity contribution in [3.8, 4) is 0 Å². The molecule has 1 aromatic rings. The first kappa shape index (κ1) is 9.68. The highest BCUT2D eigenvalue weighted by Crippen LogP contribution is 2.19. The van der Waals surface area contributed by atoms with Gasteiger partial charge in [0.05, 0.1) is 11.4 Å². The van der Waals surface area contributed by atoms with Gasteiger partial charge >= 0.3 is 0 Å². The predicted octanol–water partition coefficient (Wildman–Crippen LogP) is 0.601. The summed E-state index contributed by atoms with van der Waals surface area (Å²) in [6.45, 7) is 7.79. The van der Waals surface area contributed by atoms with E-state index in [4.69, 9.17) is 5.73 Å². The van der Waals surface area contributed by atoms with Crippen LogP contribution < -0.4 is 11.1 Å². The number of nitrogens with zero attached hydrogens (tertiary/aromatic N) is 2. The lowest BCUT2D eigenvalue weighted by molar-refractivity contribution is 0.462. The largest absolute Gasteiger partial charge is 0.325 e. The molecule has 0 amide bonds. The average molecular weight is 194 g/mol. The number of aromatic nitrogens is 2. The molecule has 4 nitrogen and oxygen atoms in total. The molecule has 78 valence electrons. The smallest absolute Gasteiger partial charge is 0.0810 e. The first-order chi connectivity index (χ1) is 6.72. The van der Waals surface area contributed by atoms with Crippen LogP contribution in [0.4, 0.5) is 0 Å². The van der Waals surface area contributed by atoms with E-state index < -0.39 is 0 Å². The Morgan fingerprint density at radius 2 is 2.29 bits per heavy atom. The molecule has 0 fully saturated rings. The van der Waals surface area contributed by atoms with Crippen molar-refractivity contribution >= 4 is 0 Å². The summed E-state index contributed by atoms with van der Waals surface area (Å²) in [5.41, 5.74) is 9.48. The number of nitrogens with one attached hydrogen (secondary N) is 1. The van der Waals surface area contributed by atoms with Crippen LogP contribution in [-0.2, 0) is 26.2 Å². The minimum atomic E-state index is 0.594. The Balaban J connectivity index is 2.31. The molecule has 2 heterocycles. The van der Waals surface area contributed by atoms with Crippen LogP contribution in [-0.4, -0.2) is 9.78 Å². The third-order valence-electron chi connectivity index (χ3n) is 2.58. The van der Waals surface area contributed by atoms with Crippen molar-refractivity contribution in [3.05, 3.63) is 17.0 Å². The third-order valence-corrected chi connectivity index (χ3v) is 2.58. The summed E-state index contributed by atoms with van der Waals surface area (Å²) >= 11 is 0. The van der Waals surface area contributed by atoms with Crippen LogP contribution in [0.2, 0.25) is 0 Å². The molecule has 14 heavy (non-hydrogen) atoms. The monoisotopic (exact) mass is 194 g/mol. The lowest BCUT2D eigenvalue weighted by atomic mass is 10.2. The fourth-order valence-electron chi connectivity index (χ4n) is 1.97. The second-order valence-corrected chi connectivity index (χ2v) is 4.26. The molecule has 0 spiro atoms. The highest BCUT2D eigenvalue weighted by atomic mass is 15.3. The zero-order valence-electron chi connectivity index (χ0n) is 8.88. The topological polar surface area (TPSA) is 55.9 Å². The van der Waals surface area contributed by atoms with E-state index in [1.807, 2.05) is 0 Å². The van der Waals surface area contributed by atoms with Crippen molar-refractivity contribution < 1.29 is 0 Å². The lowest BCUT2D eigenvalue weighted by Crippen LogP contribution is -2.16. The van der Waals surface area contributed by atoms with E-state index >= 15 is 0 Å². The normalized spacial score (nSPS) is 15.1. The molecule has 0 atom stereocenters. The van der Waals surface area contributed by atoms with E-state index in [-0.39, 0.29) is 0 Å². The van der Waals surface area contributed by atoms with Gasteiger partial charge in [-0.15, -0.1) is 0 Å². The summed E-state index contributed by atoms with van der Waals surface area (Å²) < 4.78 is 2.08. The summed E-state index contributed by atoms with van der Waals surface area (Å²) in [5, 5.41) is 7.87. The second-order valence-electron chi connectivity index (χ2n) is 4.26. The standard InChI is InChI=1S/C10H18N4/c1-7(2)6-14-10(3-11)8-4-12-5-9(8)13-14/h7,12H,3-6,11H2,1-2H3. The molecule has 2 rings (SSSR count). The van der Waals surface area contributed by atoms with Gasteiger partial charge in [0.15, 0.2) is 0 Å². The van der Waals surface area contributed by atoms with E-state index in [9.17, 15) is 0 Å². The van der Waals surface area contributed by atoms with Gasteiger partial charge in [-0.2, -0.15) is 5.10 Å². The van der Waals surface area contributed by atoms with Gasteiger partial charge in [0.25, 0.3) is 0 Å².